The molecular formula is C19H18N4OS. The summed E-state index contributed by atoms with van der Waals surface area (Å²) in [5, 5.41) is 6.90. The van der Waals surface area contributed by atoms with E-state index in [1.165, 1.54) is 11.8 Å². The number of nitrogens with one attached hydrogen (secondary N) is 1. The van der Waals surface area contributed by atoms with Crippen LogP contribution in [-0.4, -0.2) is 27.8 Å². The van der Waals surface area contributed by atoms with Gasteiger partial charge in [0.2, 0.25) is 0 Å². The number of rotatable bonds is 5. The first-order valence-electron chi connectivity index (χ1n) is 7.86. The van der Waals surface area contributed by atoms with E-state index in [9.17, 15) is 4.79 Å². The number of aromatic nitrogens is 2. The van der Waals surface area contributed by atoms with Crippen molar-refractivity contribution in [1.29, 1.82) is 0 Å². The van der Waals surface area contributed by atoms with E-state index in [0.29, 0.717) is 5.16 Å². The number of carbonyl (C=O) groups is 1. The Morgan fingerprint density at radius 2 is 1.84 bits per heavy atom. The lowest BCUT2D eigenvalue weighted by Crippen LogP contribution is -2.19. The van der Waals surface area contributed by atoms with Gasteiger partial charge in [0, 0.05) is 17.0 Å². The molecule has 0 bridgehead atoms. The number of amides is 1. The predicted octanol–water partition coefficient (Wildman–Crippen LogP) is 3.49. The predicted molar refractivity (Wildman–Crippen MR) is 102 cm³/mol. The van der Waals surface area contributed by atoms with Gasteiger partial charge in [-0.1, -0.05) is 54.2 Å². The number of benzene rings is 2. The smallest absolute Gasteiger partial charge is 0.250 e. The SMILES string of the molecule is Cc1cc(C)nc(SCC(=O)N/N=C/c2cccc3ccccc23)n1. The molecule has 0 fully saturated rings. The zero-order valence-electron chi connectivity index (χ0n) is 14.1. The zero-order valence-corrected chi connectivity index (χ0v) is 14.9. The van der Waals surface area contributed by atoms with Crippen LogP contribution in [0.2, 0.25) is 0 Å². The Morgan fingerprint density at radius 3 is 2.64 bits per heavy atom. The number of hydrogen-bond acceptors (Lipinski definition) is 5. The van der Waals surface area contributed by atoms with Gasteiger partial charge in [-0.3, -0.25) is 4.79 Å². The lowest BCUT2D eigenvalue weighted by molar-refractivity contribution is -0.118. The van der Waals surface area contributed by atoms with Gasteiger partial charge in [0.15, 0.2) is 5.16 Å². The fraction of sp³-hybridized carbons (Fsp3) is 0.158. The molecule has 25 heavy (non-hydrogen) atoms. The Labute approximate surface area is 150 Å². The first kappa shape index (κ1) is 17.1. The Balaban J connectivity index is 1.59. The molecule has 3 aromatic rings. The van der Waals surface area contributed by atoms with Crippen LogP contribution in [0.5, 0.6) is 0 Å². The summed E-state index contributed by atoms with van der Waals surface area (Å²) < 4.78 is 0. The summed E-state index contributed by atoms with van der Waals surface area (Å²) >= 11 is 1.30. The number of aryl methyl sites for hydroxylation is 2. The molecular weight excluding hydrogens is 332 g/mol. The quantitative estimate of drug-likeness (QED) is 0.331. The summed E-state index contributed by atoms with van der Waals surface area (Å²) in [6, 6.07) is 16.0. The number of nitrogens with zero attached hydrogens (tertiary/aromatic N) is 3. The Bertz CT molecular complexity index is 914. The largest absolute Gasteiger partial charge is 0.272 e. The molecule has 0 aliphatic carbocycles. The van der Waals surface area contributed by atoms with Crippen LogP contribution < -0.4 is 5.43 Å². The summed E-state index contributed by atoms with van der Waals surface area (Å²) in [6.45, 7) is 3.82. The molecule has 0 unspecified atom stereocenters. The third-order valence-electron chi connectivity index (χ3n) is 3.51. The molecule has 0 spiro atoms. The third-order valence-corrected chi connectivity index (χ3v) is 4.36. The second-order valence-electron chi connectivity index (χ2n) is 5.58. The fourth-order valence-electron chi connectivity index (χ4n) is 2.46. The maximum absolute atomic E-state index is 11.9. The molecule has 0 saturated carbocycles. The topological polar surface area (TPSA) is 67.2 Å². The minimum Gasteiger partial charge on any atom is -0.272 e. The Kier molecular flexibility index (Phi) is 5.40. The maximum atomic E-state index is 11.9. The van der Waals surface area contributed by atoms with E-state index >= 15 is 0 Å². The molecule has 0 atom stereocenters. The summed E-state index contributed by atoms with van der Waals surface area (Å²) in [5.41, 5.74) is 5.30. The van der Waals surface area contributed by atoms with Crippen molar-refractivity contribution in [2.24, 2.45) is 5.10 Å². The van der Waals surface area contributed by atoms with Gasteiger partial charge in [0.25, 0.3) is 5.91 Å². The van der Waals surface area contributed by atoms with Crippen LogP contribution in [-0.2, 0) is 4.79 Å². The monoisotopic (exact) mass is 350 g/mol. The molecule has 5 nitrogen and oxygen atoms in total. The van der Waals surface area contributed by atoms with E-state index in [0.717, 1.165) is 27.7 Å². The van der Waals surface area contributed by atoms with E-state index in [1.54, 1.807) is 6.21 Å². The van der Waals surface area contributed by atoms with Gasteiger partial charge in [-0.15, -0.1) is 0 Å². The summed E-state index contributed by atoms with van der Waals surface area (Å²) in [4.78, 5) is 20.5. The van der Waals surface area contributed by atoms with Crippen LogP contribution in [0.3, 0.4) is 0 Å². The molecule has 3 rings (SSSR count). The second kappa shape index (κ2) is 7.90. The fourth-order valence-corrected chi connectivity index (χ4v) is 3.20. The van der Waals surface area contributed by atoms with Crippen LogP contribution in [0, 0.1) is 13.8 Å². The van der Waals surface area contributed by atoms with Crippen molar-refractivity contribution in [1.82, 2.24) is 15.4 Å². The van der Waals surface area contributed by atoms with E-state index in [4.69, 9.17) is 0 Å². The minimum absolute atomic E-state index is 0.191. The van der Waals surface area contributed by atoms with E-state index < -0.39 is 0 Å². The summed E-state index contributed by atoms with van der Waals surface area (Å²) in [5.74, 6) is 0.0275. The average Bonchev–Trinajstić information content (AvgIpc) is 2.59. The van der Waals surface area contributed by atoms with Crippen LogP contribution in [0.15, 0.2) is 58.8 Å². The summed E-state index contributed by atoms with van der Waals surface area (Å²) in [7, 11) is 0. The van der Waals surface area contributed by atoms with Gasteiger partial charge in [-0.05, 0) is 30.7 Å². The molecule has 1 aromatic heterocycles. The zero-order chi connectivity index (χ0) is 17.6. The number of hydrogen-bond donors (Lipinski definition) is 1. The van der Waals surface area contributed by atoms with Gasteiger partial charge < -0.3 is 0 Å². The van der Waals surface area contributed by atoms with E-state index in [2.05, 4.69) is 20.5 Å². The first-order chi connectivity index (χ1) is 12.1. The molecule has 0 aliphatic heterocycles. The summed E-state index contributed by atoms with van der Waals surface area (Å²) in [6.07, 6.45) is 1.66. The molecule has 0 saturated heterocycles. The Morgan fingerprint density at radius 1 is 1.12 bits per heavy atom. The average molecular weight is 350 g/mol. The van der Waals surface area contributed by atoms with Crippen molar-refractivity contribution in [3.05, 3.63) is 65.5 Å². The molecule has 6 heteroatoms. The molecule has 1 N–H and O–H groups in total. The van der Waals surface area contributed by atoms with Gasteiger partial charge in [0.1, 0.15) is 0 Å². The maximum Gasteiger partial charge on any atom is 0.250 e. The van der Waals surface area contributed by atoms with Crippen molar-refractivity contribution in [3.63, 3.8) is 0 Å². The number of fused-ring (bicyclic) bond motifs is 1. The van der Waals surface area contributed by atoms with Crippen LogP contribution in [0.25, 0.3) is 10.8 Å². The number of carbonyl (C=O) groups excluding carboxylic acids is 1. The van der Waals surface area contributed by atoms with E-state index in [1.807, 2.05) is 62.4 Å². The number of hydrazone groups is 1. The minimum atomic E-state index is -0.191. The highest BCUT2D eigenvalue weighted by molar-refractivity contribution is 7.99. The highest BCUT2D eigenvalue weighted by atomic mass is 32.2. The van der Waals surface area contributed by atoms with Gasteiger partial charge >= 0.3 is 0 Å². The molecule has 0 aliphatic rings. The van der Waals surface area contributed by atoms with Crippen LogP contribution in [0.4, 0.5) is 0 Å². The number of thioether (sulfide) groups is 1. The van der Waals surface area contributed by atoms with Crippen LogP contribution in [0.1, 0.15) is 17.0 Å². The van der Waals surface area contributed by atoms with Crippen molar-refractivity contribution >= 4 is 34.7 Å². The van der Waals surface area contributed by atoms with Gasteiger partial charge in [-0.2, -0.15) is 5.10 Å². The standard InChI is InChI=1S/C19H18N4OS/c1-13-10-14(2)22-19(21-13)25-12-18(24)23-20-11-16-8-5-7-15-6-3-4-9-17(15)16/h3-11H,12H2,1-2H3,(H,23,24)/b20-11+. The van der Waals surface area contributed by atoms with Crippen molar-refractivity contribution in [2.45, 2.75) is 19.0 Å². The third kappa shape index (κ3) is 4.64. The first-order valence-corrected chi connectivity index (χ1v) is 8.85. The second-order valence-corrected chi connectivity index (χ2v) is 6.53. The van der Waals surface area contributed by atoms with Crippen molar-refractivity contribution < 1.29 is 4.79 Å². The van der Waals surface area contributed by atoms with Gasteiger partial charge in [0.05, 0.1) is 12.0 Å². The van der Waals surface area contributed by atoms with E-state index in [-0.39, 0.29) is 11.7 Å². The highest BCUT2D eigenvalue weighted by Gasteiger charge is 2.05. The molecule has 1 heterocycles. The van der Waals surface area contributed by atoms with Crippen molar-refractivity contribution in [2.75, 3.05) is 5.75 Å². The molecule has 126 valence electrons. The lowest BCUT2D eigenvalue weighted by atomic mass is 10.1. The highest BCUT2D eigenvalue weighted by Crippen LogP contribution is 2.17. The van der Waals surface area contributed by atoms with Crippen LogP contribution >= 0.6 is 11.8 Å². The Hall–Kier alpha value is -2.73. The molecule has 2 aromatic carbocycles. The lowest BCUT2D eigenvalue weighted by Gasteiger charge is -2.03. The van der Waals surface area contributed by atoms with Gasteiger partial charge in [-0.25, -0.2) is 15.4 Å². The molecule has 0 radical (unpaired) electrons. The molecule has 1 amide bonds. The normalized spacial score (nSPS) is 11.1. The van der Waals surface area contributed by atoms with Crippen molar-refractivity contribution in [3.8, 4) is 0 Å².